The first kappa shape index (κ1) is 14.2. The number of aliphatic hydroxyl groups excluding tert-OH is 1. The molecule has 0 bridgehead atoms. The fourth-order valence-corrected chi connectivity index (χ4v) is 2.15. The van der Waals surface area contributed by atoms with Crippen LogP contribution in [0.1, 0.15) is 38.7 Å². The van der Waals surface area contributed by atoms with E-state index < -0.39 is 0 Å². The van der Waals surface area contributed by atoms with E-state index in [1.54, 1.807) is 0 Å². The number of hydrogen-bond acceptors (Lipinski definition) is 2. The molecule has 0 aliphatic heterocycles. The van der Waals surface area contributed by atoms with E-state index in [2.05, 4.69) is 49.1 Å². The highest BCUT2D eigenvalue weighted by molar-refractivity contribution is 5.14. The molecule has 0 aliphatic carbocycles. The highest BCUT2D eigenvalue weighted by atomic mass is 16.3. The summed E-state index contributed by atoms with van der Waals surface area (Å²) in [6.07, 6.45) is 3.30. The standard InChI is InChI=1S/C15H25NO/c1-3-8-14(2)16(11-7-12-17)13-15-9-5-4-6-10-15/h4-6,9-10,14,17H,3,7-8,11-13H2,1-2H3. The van der Waals surface area contributed by atoms with Gasteiger partial charge in [-0.15, -0.1) is 0 Å². The Morgan fingerprint density at radius 1 is 1.24 bits per heavy atom. The lowest BCUT2D eigenvalue weighted by atomic mass is 10.1. The Hall–Kier alpha value is -0.860. The second-order valence-corrected chi connectivity index (χ2v) is 4.67. The molecule has 0 aliphatic rings. The first-order chi connectivity index (χ1) is 8.27. The summed E-state index contributed by atoms with van der Waals surface area (Å²) in [5.41, 5.74) is 1.35. The zero-order valence-electron chi connectivity index (χ0n) is 11.1. The van der Waals surface area contributed by atoms with Gasteiger partial charge >= 0.3 is 0 Å². The van der Waals surface area contributed by atoms with Gasteiger partial charge in [-0.05, 0) is 25.3 Å². The van der Waals surface area contributed by atoms with Crippen molar-refractivity contribution in [2.45, 2.75) is 45.7 Å². The molecule has 0 amide bonds. The lowest BCUT2D eigenvalue weighted by Gasteiger charge is -2.29. The molecule has 0 fully saturated rings. The van der Waals surface area contributed by atoms with Crippen molar-refractivity contribution >= 4 is 0 Å². The smallest absolute Gasteiger partial charge is 0.0443 e. The molecular weight excluding hydrogens is 210 g/mol. The fourth-order valence-electron chi connectivity index (χ4n) is 2.15. The summed E-state index contributed by atoms with van der Waals surface area (Å²) in [4.78, 5) is 2.47. The molecule has 1 N–H and O–H groups in total. The third kappa shape index (κ3) is 5.33. The van der Waals surface area contributed by atoms with Gasteiger partial charge in [-0.3, -0.25) is 4.90 Å². The third-order valence-electron chi connectivity index (χ3n) is 3.16. The molecule has 1 unspecified atom stereocenters. The zero-order valence-corrected chi connectivity index (χ0v) is 11.1. The van der Waals surface area contributed by atoms with Crippen LogP contribution in [-0.2, 0) is 6.54 Å². The molecule has 1 aromatic carbocycles. The zero-order chi connectivity index (χ0) is 12.5. The molecule has 0 spiro atoms. The Balaban J connectivity index is 2.56. The number of hydrogen-bond donors (Lipinski definition) is 1. The van der Waals surface area contributed by atoms with Crippen LogP contribution in [0, 0.1) is 0 Å². The second-order valence-electron chi connectivity index (χ2n) is 4.67. The van der Waals surface area contributed by atoms with Gasteiger partial charge in [0.1, 0.15) is 0 Å². The van der Waals surface area contributed by atoms with Gasteiger partial charge in [-0.25, -0.2) is 0 Å². The highest BCUT2D eigenvalue weighted by Gasteiger charge is 2.12. The van der Waals surface area contributed by atoms with E-state index in [4.69, 9.17) is 5.11 Å². The monoisotopic (exact) mass is 235 g/mol. The van der Waals surface area contributed by atoms with Crippen LogP contribution in [0.4, 0.5) is 0 Å². The summed E-state index contributed by atoms with van der Waals surface area (Å²) in [5, 5.41) is 8.97. The van der Waals surface area contributed by atoms with E-state index in [0.29, 0.717) is 6.04 Å². The average molecular weight is 235 g/mol. The van der Waals surface area contributed by atoms with Crippen molar-refractivity contribution in [3.63, 3.8) is 0 Å². The van der Waals surface area contributed by atoms with Crippen molar-refractivity contribution in [1.82, 2.24) is 4.90 Å². The molecule has 0 saturated heterocycles. The predicted molar refractivity (Wildman–Crippen MR) is 72.9 cm³/mol. The molecule has 0 aromatic heterocycles. The van der Waals surface area contributed by atoms with Crippen molar-refractivity contribution in [1.29, 1.82) is 0 Å². The predicted octanol–water partition coefficient (Wildman–Crippen LogP) is 3.06. The largest absolute Gasteiger partial charge is 0.396 e. The molecule has 2 nitrogen and oxygen atoms in total. The molecule has 1 atom stereocenters. The van der Waals surface area contributed by atoms with Crippen LogP contribution < -0.4 is 0 Å². The van der Waals surface area contributed by atoms with E-state index in [-0.39, 0.29) is 6.61 Å². The van der Waals surface area contributed by atoms with E-state index in [0.717, 1.165) is 19.5 Å². The number of nitrogens with zero attached hydrogens (tertiary/aromatic N) is 1. The minimum Gasteiger partial charge on any atom is -0.396 e. The Morgan fingerprint density at radius 2 is 1.94 bits per heavy atom. The number of benzene rings is 1. The number of rotatable bonds is 8. The van der Waals surface area contributed by atoms with Gasteiger partial charge in [-0.1, -0.05) is 43.7 Å². The normalized spacial score (nSPS) is 12.9. The van der Waals surface area contributed by atoms with Crippen LogP contribution >= 0.6 is 0 Å². The molecule has 1 rings (SSSR count). The maximum absolute atomic E-state index is 8.97. The molecule has 17 heavy (non-hydrogen) atoms. The van der Waals surface area contributed by atoms with Gasteiger partial charge in [0.2, 0.25) is 0 Å². The van der Waals surface area contributed by atoms with Gasteiger partial charge < -0.3 is 5.11 Å². The molecule has 0 radical (unpaired) electrons. The van der Waals surface area contributed by atoms with E-state index in [1.165, 1.54) is 18.4 Å². The van der Waals surface area contributed by atoms with Crippen LogP contribution in [0.15, 0.2) is 30.3 Å². The Bertz CT molecular complexity index is 286. The van der Waals surface area contributed by atoms with Crippen LogP contribution in [0.5, 0.6) is 0 Å². The van der Waals surface area contributed by atoms with Crippen molar-refractivity contribution in [3.05, 3.63) is 35.9 Å². The lowest BCUT2D eigenvalue weighted by Crippen LogP contribution is -2.33. The first-order valence-corrected chi connectivity index (χ1v) is 6.66. The molecular formula is C15H25NO. The van der Waals surface area contributed by atoms with Crippen LogP contribution in [-0.4, -0.2) is 29.2 Å². The van der Waals surface area contributed by atoms with Crippen molar-refractivity contribution in [2.75, 3.05) is 13.2 Å². The Morgan fingerprint density at radius 3 is 2.53 bits per heavy atom. The minimum absolute atomic E-state index is 0.282. The van der Waals surface area contributed by atoms with Gasteiger partial charge in [0.25, 0.3) is 0 Å². The summed E-state index contributed by atoms with van der Waals surface area (Å²) in [7, 11) is 0. The summed E-state index contributed by atoms with van der Waals surface area (Å²) >= 11 is 0. The molecule has 2 heteroatoms. The van der Waals surface area contributed by atoms with Crippen LogP contribution in [0.3, 0.4) is 0 Å². The van der Waals surface area contributed by atoms with Crippen molar-refractivity contribution < 1.29 is 5.11 Å². The summed E-state index contributed by atoms with van der Waals surface area (Å²) in [5.74, 6) is 0. The summed E-state index contributed by atoms with van der Waals surface area (Å²) in [6, 6.07) is 11.2. The average Bonchev–Trinajstić information content (AvgIpc) is 2.36. The van der Waals surface area contributed by atoms with Crippen LogP contribution in [0.2, 0.25) is 0 Å². The molecule has 0 heterocycles. The fraction of sp³-hybridized carbons (Fsp3) is 0.600. The van der Waals surface area contributed by atoms with Crippen LogP contribution in [0.25, 0.3) is 0 Å². The van der Waals surface area contributed by atoms with Crippen molar-refractivity contribution in [3.8, 4) is 0 Å². The van der Waals surface area contributed by atoms with Gasteiger partial charge in [0, 0.05) is 25.7 Å². The third-order valence-corrected chi connectivity index (χ3v) is 3.16. The number of aliphatic hydroxyl groups is 1. The Kier molecular flexibility index (Phi) is 6.90. The SMILES string of the molecule is CCCC(C)N(CCCO)Cc1ccccc1. The maximum Gasteiger partial charge on any atom is 0.0443 e. The van der Waals surface area contributed by atoms with E-state index in [1.807, 2.05) is 0 Å². The van der Waals surface area contributed by atoms with E-state index in [9.17, 15) is 0 Å². The summed E-state index contributed by atoms with van der Waals surface area (Å²) < 4.78 is 0. The highest BCUT2D eigenvalue weighted by Crippen LogP contribution is 2.12. The van der Waals surface area contributed by atoms with Crippen molar-refractivity contribution in [2.24, 2.45) is 0 Å². The topological polar surface area (TPSA) is 23.5 Å². The molecule has 1 aromatic rings. The maximum atomic E-state index is 8.97. The summed E-state index contributed by atoms with van der Waals surface area (Å²) in [6.45, 7) is 6.76. The van der Waals surface area contributed by atoms with Gasteiger partial charge in [-0.2, -0.15) is 0 Å². The van der Waals surface area contributed by atoms with Gasteiger partial charge in [0.05, 0.1) is 0 Å². The molecule has 0 saturated carbocycles. The lowest BCUT2D eigenvalue weighted by molar-refractivity contribution is 0.168. The van der Waals surface area contributed by atoms with E-state index >= 15 is 0 Å². The molecule has 96 valence electrons. The van der Waals surface area contributed by atoms with Gasteiger partial charge in [0.15, 0.2) is 0 Å². The quantitative estimate of drug-likeness (QED) is 0.748. The minimum atomic E-state index is 0.282. The second kappa shape index (κ2) is 8.26. The Labute approximate surface area is 105 Å². The first-order valence-electron chi connectivity index (χ1n) is 6.66.